The predicted octanol–water partition coefficient (Wildman–Crippen LogP) is 2.69. The van der Waals surface area contributed by atoms with Crippen LogP contribution in [0, 0.1) is 0 Å². The van der Waals surface area contributed by atoms with Crippen LogP contribution in [0.4, 0.5) is 0 Å². The smallest absolute Gasteiger partial charge is 0.223 e. The average Bonchev–Trinajstić information content (AvgIpc) is 2.39. The monoisotopic (exact) mass is 264 g/mol. The minimum Gasteiger partial charge on any atom is -0.486 e. The zero-order chi connectivity index (χ0) is 12.4. The molecule has 0 fully saturated rings. The lowest BCUT2D eigenvalue weighted by atomic mass is 10.3. The van der Waals surface area contributed by atoms with Crippen LogP contribution in [-0.2, 0) is 0 Å². The van der Waals surface area contributed by atoms with Gasteiger partial charge < -0.3 is 14.2 Å². The van der Waals surface area contributed by atoms with E-state index in [0.717, 1.165) is 0 Å². The molecule has 0 bridgehead atoms. The minimum absolute atomic E-state index is 0.321. The number of halogens is 1. The molecule has 0 unspecified atom stereocenters. The van der Waals surface area contributed by atoms with Gasteiger partial charge in [0, 0.05) is 6.07 Å². The molecule has 1 aromatic carbocycles. The van der Waals surface area contributed by atoms with E-state index >= 15 is 0 Å². The molecule has 18 heavy (non-hydrogen) atoms. The summed E-state index contributed by atoms with van der Waals surface area (Å²) in [4.78, 5) is 7.76. The molecule has 5 nitrogen and oxygen atoms in total. The Balaban J connectivity index is 1.93. The largest absolute Gasteiger partial charge is 0.486 e. The van der Waals surface area contributed by atoms with Crippen LogP contribution in [0.1, 0.15) is 0 Å². The summed E-state index contributed by atoms with van der Waals surface area (Å²) in [5.74, 6) is 2.15. The van der Waals surface area contributed by atoms with E-state index in [2.05, 4.69) is 9.97 Å². The lowest BCUT2D eigenvalue weighted by Crippen LogP contribution is -2.15. The normalized spacial score (nSPS) is 13.2. The number of ether oxygens (including phenoxy) is 3. The molecule has 1 aromatic heterocycles. The maximum absolute atomic E-state index is 5.77. The lowest BCUT2D eigenvalue weighted by Gasteiger charge is -2.20. The zero-order valence-corrected chi connectivity index (χ0v) is 10.1. The third kappa shape index (κ3) is 2.17. The summed E-state index contributed by atoms with van der Waals surface area (Å²) in [5.41, 5.74) is 0. The Hall–Kier alpha value is -2.01. The fourth-order valence-corrected chi connectivity index (χ4v) is 1.75. The molecule has 2 aromatic rings. The van der Waals surface area contributed by atoms with E-state index in [1.807, 2.05) is 12.1 Å². The fourth-order valence-electron chi connectivity index (χ4n) is 1.61. The van der Waals surface area contributed by atoms with Gasteiger partial charge in [-0.2, -0.15) is 0 Å². The minimum atomic E-state index is 0.321. The number of benzene rings is 1. The quantitative estimate of drug-likeness (QED) is 0.781. The Kier molecular flexibility index (Phi) is 2.90. The highest BCUT2D eigenvalue weighted by Crippen LogP contribution is 2.40. The van der Waals surface area contributed by atoms with Crippen molar-refractivity contribution in [3.63, 3.8) is 0 Å². The third-order valence-corrected chi connectivity index (χ3v) is 2.56. The van der Waals surface area contributed by atoms with Gasteiger partial charge in [0.25, 0.3) is 0 Å². The van der Waals surface area contributed by atoms with E-state index in [1.54, 1.807) is 6.07 Å². The first-order valence-corrected chi connectivity index (χ1v) is 5.75. The number of hydrogen-bond donors (Lipinski definition) is 0. The zero-order valence-electron chi connectivity index (χ0n) is 9.30. The molecule has 2 heterocycles. The summed E-state index contributed by atoms with van der Waals surface area (Å²) in [7, 11) is 0. The lowest BCUT2D eigenvalue weighted by molar-refractivity contribution is 0.166. The molecule has 0 saturated heterocycles. The Morgan fingerprint density at radius 3 is 2.94 bits per heavy atom. The van der Waals surface area contributed by atoms with E-state index < -0.39 is 0 Å². The Morgan fingerprint density at radius 2 is 2.06 bits per heavy atom. The highest BCUT2D eigenvalue weighted by molar-refractivity contribution is 6.29. The van der Waals surface area contributed by atoms with Crippen LogP contribution < -0.4 is 14.2 Å². The SMILES string of the molecule is Clc1cc(Oc2cccc3c2OCCO3)ncn1. The van der Waals surface area contributed by atoms with Crippen molar-refractivity contribution >= 4 is 11.6 Å². The first kappa shape index (κ1) is 11.1. The standard InChI is InChI=1S/C12H9ClN2O3/c13-10-6-11(15-7-14-10)18-9-3-1-2-8-12(9)17-5-4-16-8/h1-3,6-7H,4-5H2. The maximum Gasteiger partial charge on any atom is 0.223 e. The molecule has 0 atom stereocenters. The van der Waals surface area contributed by atoms with Crippen molar-refractivity contribution in [1.29, 1.82) is 0 Å². The van der Waals surface area contributed by atoms with Gasteiger partial charge in [0.15, 0.2) is 11.5 Å². The second-order valence-corrected chi connectivity index (χ2v) is 3.95. The van der Waals surface area contributed by atoms with Crippen LogP contribution in [0.2, 0.25) is 5.15 Å². The Bertz CT molecular complexity index is 577. The second-order valence-electron chi connectivity index (χ2n) is 3.56. The molecule has 0 saturated carbocycles. The summed E-state index contributed by atoms with van der Waals surface area (Å²) in [6, 6.07) is 6.97. The highest BCUT2D eigenvalue weighted by Gasteiger charge is 2.17. The molecule has 0 radical (unpaired) electrons. The van der Waals surface area contributed by atoms with Gasteiger partial charge in [0.1, 0.15) is 24.7 Å². The van der Waals surface area contributed by atoms with Gasteiger partial charge >= 0.3 is 0 Å². The maximum atomic E-state index is 5.77. The molecule has 0 N–H and O–H groups in total. The van der Waals surface area contributed by atoms with Crippen molar-refractivity contribution in [2.75, 3.05) is 13.2 Å². The van der Waals surface area contributed by atoms with Gasteiger partial charge in [-0.15, -0.1) is 0 Å². The van der Waals surface area contributed by atoms with Crippen molar-refractivity contribution in [2.24, 2.45) is 0 Å². The van der Waals surface area contributed by atoms with Gasteiger partial charge in [-0.05, 0) is 12.1 Å². The number of nitrogens with zero attached hydrogens (tertiary/aromatic N) is 2. The summed E-state index contributed by atoms with van der Waals surface area (Å²) in [6.45, 7) is 1.04. The number of hydrogen-bond acceptors (Lipinski definition) is 5. The van der Waals surface area contributed by atoms with E-state index in [0.29, 0.717) is 41.5 Å². The molecule has 0 spiro atoms. The summed E-state index contributed by atoms with van der Waals surface area (Å²) >= 11 is 5.77. The van der Waals surface area contributed by atoms with Crippen molar-refractivity contribution in [3.8, 4) is 23.1 Å². The fraction of sp³-hybridized carbons (Fsp3) is 0.167. The van der Waals surface area contributed by atoms with Gasteiger partial charge in [0.05, 0.1) is 0 Å². The van der Waals surface area contributed by atoms with E-state index in [9.17, 15) is 0 Å². The number of fused-ring (bicyclic) bond motifs is 1. The summed E-state index contributed by atoms with van der Waals surface area (Å²) in [5, 5.41) is 0.321. The number of rotatable bonds is 2. The first-order chi connectivity index (χ1) is 8.83. The van der Waals surface area contributed by atoms with Crippen LogP contribution in [0.15, 0.2) is 30.6 Å². The Morgan fingerprint density at radius 1 is 1.17 bits per heavy atom. The highest BCUT2D eigenvalue weighted by atomic mass is 35.5. The molecule has 0 amide bonds. The van der Waals surface area contributed by atoms with Crippen LogP contribution in [0.5, 0.6) is 23.1 Å². The first-order valence-electron chi connectivity index (χ1n) is 5.37. The summed E-state index contributed by atoms with van der Waals surface area (Å²) < 4.78 is 16.6. The van der Waals surface area contributed by atoms with Crippen LogP contribution in [-0.4, -0.2) is 23.2 Å². The van der Waals surface area contributed by atoms with Gasteiger partial charge in [-0.1, -0.05) is 17.7 Å². The molecule has 1 aliphatic rings. The van der Waals surface area contributed by atoms with Crippen LogP contribution >= 0.6 is 11.6 Å². The number of para-hydroxylation sites is 1. The third-order valence-electron chi connectivity index (χ3n) is 2.35. The van der Waals surface area contributed by atoms with Crippen molar-refractivity contribution in [2.45, 2.75) is 0 Å². The molecule has 6 heteroatoms. The van der Waals surface area contributed by atoms with Crippen LogP contribution in [0.3, 0.4) is 0 Å². The molecule has 0 aliphatic carbocycles. The molecule has 92 valence electrons. The molecular weight excluding hydrogens is 256 g/mol. The topological polar surface area (TPSA) is 53.5 Å². The molecular formula is C12H9ClN2O3. The van der Waals surface area contributed by atoms with Crippen molar-refractivity contribution < 1.29 is 14.2 Å². The van der Waals surface area contributed by atoms with E-state index in [-0.39, 0.29) is 0 Å². The van der Waals surface area contributed by atoms with Gasteiger partial charge in [-0.3, -0.25) is 0 Å². The van der Waals surface area contributed by atoms with Crippen LogP contribution in [0.25, 0.3) is 0 Å². The molecule has 3 rings (SSSR count). The second kappa shape index (κ2) is 4.70. The number of aromatic nitrogens is 2. The Labute approximate surface area is 108 Å². The van der Waals surface area contributed by atoms with E-state index in [1.165, 1.54) is 12.4 Å². The van der Waals surface area contributed by atoms with Gasteiger partial charge in [0.2, 0.25) is 11.6 Å². The molecule has 1 aliphatic heterocycles. The van der Waals surface area contributed by atoms with Gasteiger partial charge in [-0.25, -0.2) is 9.97 Å². The van der Waals surface area contributed by atoms with Crippen molar-refractivity contribution in [3.05, 3.63) is 35.7 Å². The van der Waals surface area contributed by atoms with Crippen molar-refractivity contribution in [1.82, 2.24) is 9.97 Å². The average molecular weight is 265 g/mol. The predicted molar refractivity (Wildman–Crippen MR) is 64.5 cm³/mol. The van der Waals surface area contributed by atoms with E-state index in [4.69, 9.17) is 25.8 Å². The summed E-state index contributed by atoms with van der Waals surface area (Å²) in [6.07, 6.45) is 1.34.